The van der Waals surface area contributed by atoms with Crippen molar-refractivity contribution in [3.63, 3.8) is 0 Å². The molecule has 1 heterocycles. The van der Waals surface area contributed by atoms with E-state index in [9.17, 15) is 14.0 Å². The summed E-state index contributed by atoms with van der Waals surface area (Å²) in [4.78, 5) is 25.7. The normalized spacial score (nSPS) is 15.6. The van der Waals surface area contributed by atoms with Crippen molar-refractivity contribution < 1.29 is 18.7 Å². The molecule has 1 amide bonds. The predicted molar refractivity (Wildman–Crippen MR) is 103 cm³/mol. The molecule has 4 nitrogen and oxygen atoms in total. The summed E-state index contributed by atoms with van der Waals surface area (Å²) in [6.07, 6.45) is 0. The fourth-order valence-corrected chi connectivity index (χ4v) is 3.34. The molecule has 5 heteroatoms. The summed E-state index contributed by atoms with van der Waals surface area (Å²) >= 11 is 0. The Labute approximate surface area is 162 Å². The number of ketones is 1. The summed E-state index contributed by atoms with van der Waals surface area (Å²) in [5.74, 6) is -2.07. The Morgan fingerprint density at radius 1 is 0.964 bits per heavy atom. The van der Waals surface area contributed by atoms with Crippen molar-refractivity contribution in [1.29, 1.82) is 0 Å². The number of hydrogen-bond acceptors (Lipinski definition) is 3. The van der Waals surface area contributed by atoms with Gasteiger partial charge in [0.05, 0.1) is 11.6 Å². The van der Waals surface area contributed by atoms with Crippen LogP contribution in [0.2, 0.25) is 0 Å². The zero-order valence-corrected chi connectivity index (χ0v) is 15.0. The van der Waals surface area contributed by atoms with Gasteiger partial charge in [0.2, 0.25) is 5.91 Å². The number of rotatable bonds is 4. The van der Waals surface area contributed by atoms with Gasteiger partial charge in [-0.25, -0.2) is 4.39 Å². The molecule has 1 unspecified atom stereocenters. The lowest BCUT2D eigenvalue weighted by atomic mass is 9.92. The first kappa shape index (κ1) is 17.9. The molecule has 1 N–H and O–H groups in total. The minimum absolute atomic E-state index is 0.114. The smallest absolute Gasteiger partial charge is 0.235 e. The maximum atomic E-state index is 13.4. The van der Waals surface area contributed by atoms with Crippen LogP contribution in [0.15, 0.2) is 78.9 Å². The van der Waals surface area contributed by atoms with Gasteiger partial charge in [0, 0.05) is 6.07 Å². The quantitative estimate of drug-likeness (QED) is 0.703. The molecular formula is C23H18FNO3. The van der Waals surface area contributed by atoms with E-state index in [4.69, 9.17) is 4.74 Å². The molecule has 0 radical (unpaired) electrons. The number of benzene rings is 3. The molecular weight excluding hydrogens is 357 g/mol. The lowest BCUT2D eigenvalue weighted by molar-refractivity contribution is -0.125. The van der Waals surface area contributed by atoms with Crippen molar-refractivity contribution in [3.05, 3.63) is 101 Å². The predicted octanol–water partition coefficient (Wildman–Crippen LogP) is 3.92. The van der Waals surface area contributed by atoms with Crippen LogP contribution in [-0.4, -0.2) is 18.3 Å². The minimum atomic E-state index is -0.979. The number of ether oxygens (including phenoxy) is 1. The number of halogens is 1. The first-order valence-corrected chi connectivity index (χ1v) is 9.00. The fourth-order valence-electron chi connectivity index (χ4n) is 3.34. The van der Waals surface area contributed by atoms with Gasteiger partial charge in [-0.05, 0) is 23.3 Å². The van der Waals surface area contributed by atoms with Crippen LogP contribution in [0.4, 0.5) is 4.39 Å². The lowest BCUT2D eigenvalue weighted by Gasteiger charge is -2.26. The third-order valence-electron chi connectivity index (χ3n) is 4.80. The van der Waals surface area contributed by atoms with Crippen molar-refractivity contribution in [2.45, 2.75) is 6.04 Å². The number of carbonyl (C=O) groups is 2. The highest BCUT2D eigenvalue weighted by molar-refractivity contribution is 6.12. The van der Waals surface area contributed by atoms with E-state index >= 15 is 0 Å². The largest absolute Gasteiger partial charge is 0.491 e. The molecule has 0 saturated carbocycles. The molecule has 3 aromatic carbocycles. The standard InChI is InChI=1S/C23H18FNO3/c24-17-11-12-18-20(13-17)28-14-19(22(18)26)23(27)25-21(15-7-3-1-4-8-15)16-9-5-2-6-10-16/h1-13,19,21H,14H2,(H,25,27). The minimum Gasteiger partial charge on any atom is -0.491 e. The van der Waals surface area contributed by atoms with E-state index in [-0.39, 0.29) is 23.7 Å². The molecule has 0 aliphatic carbocycles. The van der Waals surface area contributed by atoms with E-state index in [1.807, 2.05) is 60.7 Å². The molecule has 1 aliphatic rings. The summed E-state index contributed by atoms with van der Waals surface area (Å²) in [6, 6.07) is 22.4. The van der Waals surface area contributed by atoms with Crippen LogP contribution in [0.3, 0.4) is 0 Å². The zero-order valence-electron chi connectivity index (χ0n) is 15.0. The molecule has 0 bridgehead atoms. The van der Waals surface area contributed by atoms with Gasteiger partial charge >= 0.3 is 0 Å². The average molecular weight is 375 g/mol. The number of Topliss-reactive ketones (excluding diaryl/α,β-unsaturated/α-hetero) is 1. The van der Waals surface area contributed by atoms with Crippen LogP contribution < -0.4 is 10.1 Å². The van der Waals surface area contributed by atoms with Gasteiger partial charge in [-0.1, -0.05) is 60.7 Å². The van der Waals surface area contributed by atoms with Crippen molar-refractivity contribution in [1.82, 2.24) is 5.32 Å². The number of fused-ring (bicyclic) bond motifs is 1. The maximum absolute atomic E-state index is 13.4. The van der Waals surface area contributed by atoms with Crippen LogP contribution in [0.5, 0.6) is 5.75 Å². The topological polar surface area (TPSA) is 55.4 Å². The van der Waals surface area contributed by atoms with Gasteiger partial charge in [0.15, 0.2) is 5.78 Å². The van der Waals surface area contributed by atoms with Crippen LogP contribution in [0, 0.1) is 11.7 Å². The van der Waals surface area contributed by atoms with Crippen LogP contribution in [0.25, 0.3) is 0 Å². The Bertz CT molecular complexity index is 965. The molecule has 1 aliphatic heterocycles. The second-order valence-corrected chi connectivity index (χ2v) is 6.63. The number of hydrogen-bond donors (Lipinski definition) is 1. The van der Waals surface area contributed by atoms with Crippen molar-refractivity contribution in [3.8, 4) is 5.75 Å². The highest BCUT2D eigenvalue weighted by Gasteiger charge is 2.35. The van der Waals surface area contributed by atoms with Crippen molar-refractivity contribution in [2.75, 3.05) is 6.61 Å². The van der Waals surface area contributed by atoms with Gasteiger partial charge < -0.3 is 10.1 Å². The monoisotopic (exact) mass is 375 g/mol. The van der Waals surface area contributed by atoms with Crippen LogP contribution in [0.1, 0.15) is 27.5 Å². The first-order chi connectivity index (χ1) is 13.6. The molecule has 0 spiro atoms. The maximum Gasteiger partial charge on any atom is 0.235 e. The first-order valence-electron chi connectivity index (χ1n) is 9.00. The summed E-state index contributed by atoms with van der Waals surface area (Å²) in [5, 5.41) is 2.98. The highest BCUT2D eigenvalue weighted by Crippen LogP contribution is 2.29. The van der Waals surface area contributed by atoms with E-state index < -0.39 is 23.7 Å². The summed E-state index contributed by atoms with van der Waals surface area (Å²) < 4.78 is 18.8. The molecule has 140 valence electrons. The van der Waals surface area contributed by atoms with E-state index in [0.29, 0.717) is 0 Å². The molecule has 0 aromatic heterocycles. The summed E-state index contributed by atoms with van der Waals surface area (Å²) in [6.45, 7) is -0.114. The van der Waals surface area contributed by atoms with E-state index in [0.717, 1.165) is 17.2 Å². The third-order valence-corrected chi connectivity index (χ3v) is 4.80. The molecule has 4 rings (SSSR count). The number of amides is 1. The van der Waals surface area contributed by atoms with Crippen LogP contribution >= 0.6 is 0 Å². The second-order valence-electron chi connectivity index (χ2n) is 6.63. The molecule has 3 aromatic rings. The number of carbonyl (C=O) groups excluding carboxylic acids is 2. The van der Waals surface area contributed by atoms with Crippen molar-refractivity contribution in [2.24, 2.45) is 5.92 Å². The Hall–Kier alpha value is -3.47. The SMILES string of the molecule is O=C(NC(c1ccccc1)c1ccccc1)C1COc2cc(F)ccc2C1=O. The highest BCUT2D eigenvalue weighted by atomic mass is 19.1. The van der Waals surface area contributed by atoms with Gasteiger partial charge in [0.1, 0.15) is 24.1 Å². The Morgan fingerprint density at radius 3 is 2.18 bits per heavy atom. The van der Waals surface area contributed by atoms with Crippen LogP contribution in [-0.2, 0) is 4.79 Å². The fraction of sp³-hybridized carbons (Fsp3) is 0.130. The van der Waals surface area contributed by atoms with Gasteiger partial charge in [-0.3, -0.25) is 9.59 Å². The van der Waals surface area contributed by atoms with Gasteiger partial charge in [-0.2, -0.15) is 0 Å². The third kappa shape index (κ3) is 3.51. The second kappa shape index (κ2) is 7.64. The summed E-state index contributed by atoms with van der Waals surface area (Å²) in [5.41, 5.74) is 2.05. The summed E-state index contributed by atoms with van der Waals surface area (Å²) in [7, 11) is 0. The number of nitrogens with one attached hydrogen (secondary N) is 1. The Morgan fingerprint density at radius 2 is 1.57 bits per heavy atom. The zero-order chi connectivity index (χ0) is 19.5. The van der Waals surface area contributed by atoms with E-state index in [1.54, 1.807) is 0 Å². The molecule has 0 saturated heterocycles. The Kier molecular flexibility index (Phi) is 4.89. The Balaban J connectivity index is 1.60. The average Bonchev–Trinajstić information content (AvgIpc) is 2.73. The lowest BCUT2D eigenvalue weighted by Crippen LogP contribution is -2.43. The van der Waals surface area contributed by atoms with E-state index in [2.05, 4.69) is 5.32 Å². The van der Waals surface area contributed by atoms with E-state index in [1.165, 1.54) is 12.1 Å². The van der Waals surface area contributed by atoms with Gasteiger partial charge in [-0.15, -0.1) is 0 Å². The van der Waals surface area contributed by atoms with Crippen molar-refractivity contribution >= 4 is 11.7 Å². The molecule has 1 atom stereocenters. The van der Waals surface area contributed by atoms with Gasteiger partial charge in [0.25, 0.3) is 0 Å². The molecule has 0 fully saturated rings. The molecule has 28 heavy (non-hydrogen) atoms.